The first kappa shape index (κ1) is 27.0. The number of pyridine rings is 1. The lowest BCUT2D eigenvalue weighted by molar-refractivity contribution is -0.139. The largest absolute Gasteiger partial charge is 0.505 e. The van der Waals surface area contributed by atoms with Gasteiger partial charge in [-0.25, -0.2) is 4.98 Å². The molecule has 206 valence electrons. The Hall–Kier alpha value is -4.59. The summed E-state index contributed by atoms with van der Waals surface area (Å²) in [5.41, 5.74) is 3.28. The zero-order chi connectivity index (χ0) is 28.2. The van der Waals surface area contributed by atoms with E-state index in [-0.39, 0.29) is 11.3 Å². The molecule has 0 radical (unpaired) electrons. The van der Waals surface area contributed by atoms with Crippen molar-refractivity contribution in [2.45, 2.75) is 39.7 Å². The number of ether oxygens (including phenoxy) is 2. The minimum Gasteiger partial charge on any atom is -0.505 e. The molecule has 8 nitrogen and oxygen atoms in total. The molecule has 1 saturated heterocycles. The fourth-order valence-electron chi connectivity index (χ4n) is 5.17. The molecule has 1 amide bonds. The lowest BCUT2D eigenvalue weighted by Crippen LogP contribution is -2.31. The van der Waals surface area contributed by atoms with Crippen LogP contribution in [0.1, 0.15) is 48.8 Å². The summed E-state index contributed by atoms with van der Waals surface area (Å²) in [4.78, 5) is 33.2. The van der Waals surface area contributed by atoms with Crippen molar-refractivity contribution in [3.05, 3.63) is 101 Å². The maximum Gasteiger partial charge on any atom is 0.295 e. The zero-order valence-corrected chi connectivity index (χ0v) is 23.0. The van der Waals surface area contributed by atoms with Crippen LogP contribution in [0.3, 0.4) is 0 Å². The van der Waals surface area contributed by atoms with Crippen LogP contribution in [0.15, 0.2) is 78.5 Å². The number of carbonyl (C=O) groups is 2. The highest BCUT2D eigenvalue weighted by Gasteiger charge is 2.46. The third-order valence-electron chi connectivity index (χ3n) is 7.00. The Balaban J connectivity index is 1.66. The van der Waals surface area contributed by atoms with E-state index in [1.54, 1.807) is 29.7 Å². The van der Waals surface area contributed by atoms with E-state index in [0.29, 0.717) is 60.3 Å². The van der Waals surface area contributed by atoms with Crippen LogP contribution in [-0.4, -0.2) is 50.8 Å². The molecule has 1 atom stereocenters. The number of aromatic nitrogens is 2. The average molecular weight is 540 g/mol. The first-order valence-corrected chi connectivity index (χ1v) is 13.6. The van der Waals surface area contributed by atoms with E-state index < -0.39 is 17.7 Å². The summed E-state index contributed by atoms with van der Waals surface area (Å²) >= 11 is 0. The Morgan fingerprint density at radius 3 is 2.50 bits per heavy atom. The van der Waals surface area contributed by atoms with Crippen LogP contribution in [0.5, 0.6) is 11.5 Å². The van der Waals surface area contributed by atoms with Crippen molar-refractivity contribution in [3.8, 4) is 11.5 Å². The molecular weight excluding hydrogens is 506 g/mol. The Labute approximate surface area is 233 Å². The van der Waals surface area contributed by atoms with Crippen molar-refractivity contribution < 1.29 is 24.2 Å². The molecule has 1 aliphatic rings. The summed E-state index contributed by atoms with van der Waals surface area (Å²) in [6.07, 6.45) is 3.17. The number of aliphatic hydroxyl groups excluding tert-OH is 1. The second kappa shape index (κ2) is 11.7. The molecule has 1 fully saturated rings. The number of likely N-dealkylation sites (tertiary alicyclic amines) is 1. The number of imidazole rings is 1. The number of ketones is 1. The molecule has 0 saturated carbocycles. The zero-order valence-electron chi connectivity index (χ0n) is 23.0. The first-order chi connectivity index (χ1) is 19.4. The lowest BCUT2D eigenvalue weighted by Gasteiger charge is -2.26. The van der Waals surface area contributed by atoms with Crippen LogP contribution in [0.2, 0.25) is 0 Å². The highest BCUT2D eigenvalue weighted by atomic mass is 16.5. The Morgan fingerprint density at radius 2 is 1.75 bits per heavy atom. The molecule has 4 aromatic rings. The molecule has 3 heterocycles. The second-order valence-corrected chi connectivity index (χ2v) is 9.69. The van der Waals surface area contributed by atoms with Crippen molar-refractivity contribution in [1.82, 2.24) is 14.3 Å². The molecule has 5 rings (SSSR count). The Morgan fingerprint density at radius 1 is 0.975 bits per heavy atom. The smallest absolute Gasteiger partial charge is 0.295 e. The van der Waals surface area contributed by atoms with Crippen molar-refractivity contribution in [2.24, 2.45) is 0 Å². The van der Waals surface area contributed by atoms with Gasteiger partial charge in [-0.05, 0) is 62.1 Å². The average Bonchev–Trinajstić information content (AvgIpc) is 3.43. The van der Waals surface area contributed by atoms with Gasteiger partial charge >= 0.3 is 0 Å². The van der Waals surface area contributed by atoms with E-state index in [9.17, 15) is 14.7 Å². The van der Waals surface area contributed by atoms with Gasteiger partial charge in [-0.1, -0.05) is 49.4 Å². The SMILES string of the molecule is CCCOc1ccc(C2/C(=C(\O)c3c(C)nc4ccccn34)C(=O)C(=O)N2CCc2ccccc2)cc1OCC. The van der Waals surface area contributed by atoms with Gasteiger partial charge in [0.1, 0.15) is 11.3 Å². The van der Waals surface area contributed by atoms with Crippen molar-refractivity contribution >= 4 is 23.1 Å². The number of hydrogen-bond acceptors (Lipinski definition) is 6. The van der Waals surface area contributed by atoms with Crippen LogP contribution in [0, 0.1) is 6.92 Å². The summed E-state index contributed by atoms with van der Waals surface area (Å²) in [5.74, 6) is -0.534. The predicted octanol–water partition coefficient (Wildman–Crippen LogP) is 5.49. The number of hydrogen-bond donors (Lipinski definition) is 1. The van der Waals surface area contributed by atoms with Crippen molar-refractivity contribution in [2.75, 3.05) is 19.8 Å². The van der Waals surface area contributed by atoms with Gasteiger partial charge in [0.25, 0.3) is 11.7 Å². The minimum absolute atomic E-state index is 0.0245. The molecule has 1 aliphatic heterocycles. The van der Waals surface area contributed by atoms with Gasteiger partial charge < -0.3 is 19.5 Å². The summed E-state index contributed by atoms with van der Waals surface area (Å²) in [6.45, 7) is 6.92. The summed E-state index contributed by atoms with van der Waals surface area (Å²) in [6, 6.07) is 19.9. The molecule has 1 unspecified atom stereocenters. The first-order valence-electron chi connectivity index (χ1n) is 13.6. The highest BCUT2D eigenvalue weighted by molar-refractivity contribution is 6.46. The van der Waals surface area contributed by atoms with Crippen LogP contribution >= 0.6 is 0 Å². The monoisotopic (exact) mass is 539 g/mol. The maximum absolute atomic E-state index is 13.6. The number of Topliss-reactive ketones (excluding diaryl/α,β-unsaturated/α-hetero) is 1. The predicted molar refractivity (Wildman–Crippen MR) is 152 cm³/mol. The topological polar surface area (TPSA) is 93.4 Å². The number of rotatable bonds is 10. The van der Waals surface area contributed by atoms with E-state index in [1.807, 2.05) is 68.4 Å². The van der Waals surface area contributed by atoms with Crippen LogP contribution in [-0.2, 0) is 16.0 Å². The molecular formula is C32H33N3O5. The van der Waals surface area contributed by atoms with Crippen LogP contribution in [0.4, 0.5) is 0 Å². The van der Waals surface area contributed by atoms with Crippen molar-refractivity contribution in [1.29, 1.82) is 0 Å². The third-order valence-corrected chi connectivity index (χ3v) is 7.00. The number of benzene rings is 2. The maximum atomic E-state index is 13.6. The molecule has 8 heteroatoms. The number of nitrogens with zero attached hydrogens (tertiary/aromatic N) is 3. The number of aliphatic hydroxyl groups is 1. The van der Waals surface area contributed by atoms with Crippen LogP contribution in [0.25, 0.3) is 11.4 Å². The summed E-state index contributed by atoms with van der Waals surface area (Å²) in [7, 11) is 0. The molecule has 40 heavy (non-hydrogen) atoms. The van der Waals surface area contributed by atoms with Crippen LogP contribution < -0.4 is 9.47 Å². The van der Waals surface area contributed by atoms with Gasteiger partial charge in [-0.15, -0.1) is 0 Å². The van der Waals surface area contributed by atoms with E-state index >= 15 is 0 Å². The number of aryl methyl sites for hydroxylation is 1. The quantitative estimate of drug-likeness (QED) is 0.163. The molecule has 0 bridgehead atoms. The second-order valence-electron chi connectivity index (χ2n) is 9.69. The van der Waals surface area contributed by atoms with Crippen molar-refractivity contribution in [3.63, 3.8) is 0 Å². The van der Waals surface area contributed by atoms with Gasteiger partial charge in [0, 0.05) is 12.7 Å². The standard InChI is InChI=1S/C32H33N3O5/c1-4-19-40-24-15-14-23(20-25(24)39-5-2)29-27(30(36)28-21(3)33-26-13-9-10-17-34(26)28)31(37)32(38)35(29)18-16-22-11-7-6-8-12-22/h6-15,17,20,29,36H,4-5,16,18-19H2,1-3H3/b30-27+. The third kappa shape index (κ3) is 5.04. The summed E-state index contributed by atoms with van der Waals surface area (Å²) < 4.78 is 13.5. The molecule has 1 N–H and O–H groups in total. The van der Waals surface area contributed by atoms with Gasteiger partial charge in [0.15, 0.2) is 17.3 Å². The molecule has 0 aliphatic carbocycles. The fraction of sp³-hybridized carbons (Fsp3) is 0.281. The van der Waals surface area contributed by atoms with Gasteiger partial charge in [0.05, 0.1) is 30.5 Å². The molecule has 2 aromatic heterocycles. The van der Waals surface area contributed by atoms with E-state index in [0.717, 1.165) is 12.0 Å². The van der Waals surface area contributed by atoms with E-state index in [4.69, 9.17) is 9.47 Å². The molecule has 0 spiro atoms. The number of amides is 1. The normalized spacial score (nSPS) is 16.6. The van der Waals surface area contributed by atoms with Gasteiger partial charge in [-0.3, -0.25) is 14.0 Å². The fourth-order valence-corrected chi connectivity index (χ4v) is 5.17. The summed E-state index contributed by atoms with van der Waals surface area (Å²) in [5, 5.41) is 11.7. The van der Waals surface area contributed by atoms with Gasteiger partial charge in [0.2, 0.25) is 0 Å². The highest BCUT2D eigenvalue weighted by Crippen LogP contribution is 2.42. The number of carbonyl (C=O) groups excluding carboxylic acids is 2. The van der Waals surface area contributed by atoms with E-state index in [1.165, 1.54) is 4.90 Å². The number of fused-ring (bicyclic) bond motifs is 1. The van der Waals surface area contributed by atoms with Gasteiger partial charge in [-0.2, -0.15) is 0 Å². The minimum atomic E-state index is -0.822. The lowest BCUT2D eigenvalue weighted by atomic mass is 9.95. The molecule has 2 aromatic carbocycles. The van der Waals surface area contributed by atoms with E-state index in [2.05, 4.69) is 4.98 Å². The Bertz CT molecular complexity index is 1570. The Kier molecular flexibility index (Phi) is 7.86.